The van der Waals surface area contributed by atoms with E-state index in [-0.39, 0.29) is 24.9 Å². The summed E-state index contributed by atoms with van der Waals surface area (Å²) in [5, 5.41) is 80.6. The lowest BCUT2D eigenvalue weighted by atomic mass is 9.89. The average Bonchev–Trinajstić information content (AvgIpc) is 3.00. The number of aliphatic hydroxyl groups is 8. The quantitative estimate of drug-likeness (QED) is 0.172. The van der Waals surface area contributed by atoms with Crippen molar-refractivity contribution in [3.63, 3.8) is 0 Å². The second-order valence-corrected chi connectivity index (χ2v) is 11.5. The zero-order valence-corrected chi connectivity index (χ0v) is 24.2. The van der Waals surface area contributed by atoms with Gasteiger partial charge in [-0.1, -0.05) is 12.1 Å². The van der Waals surface area contributed by atoms with Gasteiger partial charge < -0.3 is 60.1 Å². The summed E-state index contributed by atoms with van der Waals surface area (Å²) in [5.74, 6) is -0.722. The summed E-state index contributed by atoms with van der Waals surface area (Å²) < 4.78 is 11.3. The van der Waals surface area contributed by atoms with E-state index in [1.54, 1.807) is 50.2 Å². The number of anilines is 2. The van der Waals surface area contributed by atoms with Gasteiger partial charge in [0, 0.05) is 11.4 Å². The summed E-state index contributed by atoms with van der Waals surface area (Å²) in [6.07, 6.45) is -13.2. The van der Waals surface area contributed by atoms with Gasteiger partial charge >= 0.3 is 0 Å². The fourth-order valence-corrected chi connectivity index (χ4v) is 6.10. The Kier molecular flexibility index (Phi) is 9.39. The van der Waals surface area contributed by atoms with Gasteiger partial charge in [-0.05, 0) is 60.4 Å². The molecule has 44 heavy (non-hydrogen) atoms. The van der Waals surface area contributed by atoms with Gasteiger partial charge in [0.2, 0.25) is 11.8 Å². The van der Waals surface area contributed by atoms with Gasteiger partial charge in [0.05, 0.1) is 13.2 Å². The molecule has 2 amide bonds. The third-order valence-electron chi connectivity index (χ3n) is 8.72. The van der Waals surface area contributed by atoms with E-state index in [1.165, 1.54) is 9.80 Å². The summed E-state index contributed by atoms with van der Waals surface area (Å²) in [6, 6.07) is 9.67. The van der Waals surface area contributed by atoms with Crippen LogP contribution in [-0.2, 0) is 19.1 Å². The fraction of sp³-hybridized carbons (Fsp3) is 0.533. The predicted octanol–water partition coefficient (Wildman–Crippen LogP) is -2.29. The highest BCUT2D eigenvalue weighted by Gasteiger charge is 2.46. The normalized spacial score (nSPS) is 34.9. The Hall–Kier alpha value is -3.02. The lowest BCUT2D eigenvalue weighted by molar-refractivity contribution is -0.231. The van der Waals surface area contributed by atoms with E-state index in [9.17, 15) is 50.4 Å². The van der Waals surface area contributed by atoms with Crippen molar-refractivity contribution in [2.75, 3.05) is 36.1 Å². The second kappa shape index (κ2) is 12.8. The number of rotatable bonds is 6. The standard InChI is InChI=1S/C30H38N2O12/c1-13-7-15(3-5-17(13)29-27(41)25(39)23(37)19(11-33)43-29)31-9-22(36)32(10-21(31)35)16-4-6-18(14(2)8-16)30-28(42)26(40)24(38)20(12-34)44-30/h3-8,19-20,23-30,33-34,37-42H,9-12H2,1-2H3/t19-,20-,23-,24-,25+,26+,27+,28+,29-,30-/m1/s1. The maximum Gasteiger partial charge on any atom is 0.247 e. The smallest absolute Gasteiger partial charge is 0.247 e. The average molecular weight is 619 g/mol. The summed E-state index contributed by atoms with van der Waals surface area (Å²) in [5.41, 5.74) is 3.02. The first-order valence-electron chi connectivity index (χ1n) is 14.3. The molecule has 3 saturated heterocycles. The summed E-state index contributed by atoms with van der Waals surface area (Å²) in [6.45, 7) is 1.78. The molecule has 3 heterocycles. The number of hydrogen-bond acceptors (Lipinski definition) is 12. The van der Waals surface area contributed by atoms with E-state index >= 15 is 0 Å². The first kappa shape index (κ1) is 32.4. The monoisotopic (exact) mass is 618 g/mol. The van der Waals surface area contributed by atoms with Crippen molar-refractivity contribution in [2.24, 2.45) is 0 Å². The fourth-order valence-electron chi connectivity index (χ4n) is 6.10. The van der Waals surface area contributed by atoms with E-state index in [0.717, 1.165) is 0 Å². The van der Waals surface area contributed by atoms with Gasteiger partial charge in [-0.3, -0.25) is 9.59 Å². The van der Waals surface area contributed by atoms with Gasteiger partial charge in [0.25, 0.3) is 0 Å². The van der Waals surface area contributed by atoms with E-state index in [2.05, 4.69) is 0 Å². The van der Waals surface area contributed by atoms with Gasteiger partial charge in [0.1, 0.15) is 74.1 Å². The number of ether oxygens (including phenoxy) is 2. The van der Waals surface area contributed by atoms with Crippen molar-refractivity contribution in [3.8, 4) is 0 Å². The van der Waals surface area contributed by atoms with Gasteiger partial charge in [0.15, 0.2) is 0 Å². The zero-order valence-electron chi connectivity index (χ0n) is 24.2. The molecule has 0 saturated carbocycles. The molecule has 3 fully saturated rings. The highest BCUT2D eigenvalue weighted by atomic mass is 16.6. The number of carbonyl (C=O) groups is 2. The van der Waals surface area contributed by atoms with Crippen LogP contribution in [-0.4, -0.2) is 128 Å². The van der Waals surface area contributed by atoms with Crippen LogP contribution in [0.25, 0.3) is 0 Å². The number of benzene rings is 2. The number of aryl methyl sites for hydroxylation is 2. The van der Waals surface area contributed by atoms with Crippen molar-refractivity contribution < 1.29 is 59.9 Å². The van der Waals surface area contributed by atoms with Crippen molar-refractivity contribution in [2.45, 2.75) is 74.9 Å². The molecule has 14 heteroatoms. The Bertz CT molecular complexity index is 1280. The number of aliphatic hydroxyl groups excluding tert-OH is 8. The van der Waals surface area contributed by atoms with Crippen LogP contribution in [0.15, 0.2) is 36.4 Å². The first-order chi connectivity index (χ1) is 20.9. The molecule has 3 aliphatic heterocycles. The molecule has 5 rings (SSSR count). The van der Waals surface area contributed by atoms with E-state index in [0.29, 0.717) is 33.6 Å². The van der Waals surface area contributed by atoms with Crippen LogP contribution in [0.2, 0.25) is 0 Å². The topological polar surface area (TPSA) is 221 Å². The maximum atomic E-state index is 13.3. The molecule has 0 spiro atoms. The van der Waals surface area contributed by atoms with Gasteiger partial charge in [-0.15, -0.1) is 0 Å². The van der Waals surface area contributed by atoms with Crippen LogP contribution in [0.1, 0.15) is 34.5 Å². The highest BCUT2D eigenvalue weighted by Crippen LogP contribution is 2.37. The molecule has 0 radical (unpaired) electrons. The summed E-state index contributed by atoms with van der Waals surface area (Å²) in [4.78, 5) is 29.2. The first-order valence-corrected chi connectivity index (χ1v) is 14.3. The minimum atomic E-state index is -1.54. The lowest BCUT2D eigenvalue weighted by Gasteiger charge is -2.41. The number of piperazine rings is 1. The van der Waals surface area contributed by atoms with E-state index in [4.69, 9.17) is 9.47 Å². The Morgan fingerprint density at radius 3 is 1.30 bits per heavy atom. The lowest BCUT2D eigenvalue weighted by Crippen LogP contribution is -2.55. The van der Waals surface area contributed by atoms with Crippen LogP contribution in [0.5, 0.6) is 0 Å². The summed E-state index contributed by atoms with van der Waals surface area (Å²) in [7, 11) is 0. The molecular weight excluding hydrogens is 580 g/mol. The number of amides is 2. The second-order valence-electron chi connectivity index (χ2n) is 11.5. The Balaban J connectivity index is 1.31. The number of nitrogens with zero attached hydrogens (tertiary/aromatic N) is 2. The van der Waals surface area contributed by atoms with Gasteiger partial charge in [-0.2, -0.15) is 0 Å². The molecule has 8 N–H and O–H groups in total. The Morgan fingerprint density at radius 1 is 0.614 bits per heavy atom. The van der Waals surface area contributed by atoms with Crippen molar-refractivity contribution >= 4 is 23.2 Å². The largest absolute Gasteiger partial charge is 0.394 e. The molecule has 0 bridgehead atoms. The minimum Gasteiger partial charge on any atom is -0.394 e. The molecule has 0 aromatic heterocycles. The van der Waals surface area contributed by atoms with Crippen LogP contribution in [0.3, 0.4) is 0 Å². The Labute approximate surface area is 252 Å². The van der Waals surface area contributed by atoms with Crippen LogP contribution >= 0.6 is 0 Å². The molecule has 14 nitrogen and oxygen atoms in total. The highest BCUT2D eigenvalue weighted by molar-refractivity contribution is 6.12. The molecule has 3 aliphatic rings. The molecule has 0 aliphatic carbocycles. The maximum absolute atomic E-state index is 13.3. The molecular formula is C30H38N2O12. The third-order valence-corrected chi connectivity index (χ3v) is 8.72. The van der Waals surface area contributed by atoms with E-state index in [1.807, 2.05) is 0 Å². The Morgan fingerprint density at radius 2 is 0.977 bits per heavy atom. The van der Waals surface area contributed by atoms with Crippen molar-refractivity contribution in [1.82, 2.24) is 0 Å². The number of hydrogen-bond donors (Lipinski definition) is 8. The molecule has 240 valence electrons. The molecule has 2 aromatic rings. The third kappa shape index (κ3) is 5.74. The molecule has 0 unspecified atom stereocenters. The summed E-state index contributed by atoms with van der Waals surface area (Å²) >= 11 is 0. The number of carbonyl (C=O) groups excluding carboxylic acids is 2. The zero-order chi connectivity index (χ0) is 32.0. The van der Waals surface area contributed by atoms with Crippen LogP contribution in [0, 0.1) is 13.8 Å². The predicted molar refractivity (Wildman–Crippen MR) is 153 cm³/mol. The van der Waals surface area contributed by atoms with Crippen molar-refractivity contribution in [3.05, 3.63) is 58.7 Å². The van der Waals surface area contributed by atoms with Crippen molar-refractivity contribution in [1.29, 1.82) is 0 Å². The van der Waals surface area contributed by atoms with Crippen LogP contribution < -0.4 is 9.80 Å². The molecule has 10 atom stereocenters. The van der Waals surface area contributed by atoms with Crippen LogP contribution in [0.4, 0.5) is 11.4 Å². The van der Waals surface area contributed by atoms with E-state index < -0.39 is 74.3 Å². The SMILES string of the molecule is Cc1cc(N2CC(=O)N(c3ccc([C@H]4O[C@H](CO)[C@@H](O)[C@H](O)[C@@H]4O)c(C)c3)CC2=O)ccc1[C@H]1O[C@H](CO)[C@@H](O)[C@H](O)[C@@H]1O. The van der Waals surface area contributed by atoms with Gasteiger partial charge in [-0.25, -0.2) is 0 Å². The molecule has 2 aromatic carbocycles. The minimum absolute atomic E-state index is 0.259.